The lowest BCUT2D eigenvalue weighted by molar-refractivity contribution is 0.171. The first-order chi connectivity index (χ1) is 7.13. The van der Waals surface area contributed by atoms with Gasteiger partial charge < -0.3 is 4.74 Å². The first kappa shape index (κ1) is 11.6. The third-order valence-electron chi connectivity index (χ3n) is 1.51. The predicted molar refractivity (Wildman–Crippen MR) is 57.2 cm³/mol. The number of benzene rings is 1. The summed E-state index contributed by atoms with van der Waals surface area (Å²) < 4.78 is 17.5. The van der Waals surface area contributed by atoms with Crippen molar-refractivity contribution in [1.29, 1.82) is 0 Å². The molecular formula is C9H8BrFN2O2. The van der Waals surface area contributed by atoms with Crippen LogP contribution in [0.4, 0.5) is 9.18 Å². The first-order valence-corrected chi connectivity index (χ1v) is 4.75. The van der Waals surface area contributed by atoms with Crippen LogP contribution in [0.1, 0.15) is 5.56 Å². The van der Waals surface area contributed by atoms with E-state index >= 15 is 0 Å². The van der Waals surface area contributed by atoms with Crippen molar-refractivity contribution in [3.05, 3.63) is 34.1 Å². The van der Waals surface area contributed by atoms with E-state index in [1.165, 1.54) is 31.5 Å². The van der Waals surface area contributed by atoms with Gasteiger partial charge >= 0.3 is 6.09 Å². The minimum Gasteiger partial charge on any atom is -0.452 e. The van der Waals surface area contributed by atoms with E-state index in [1.807, 2.05) is 0 Å². The molecule has 80 valence electrons. The van der Waals surface area contributed by atoms with E-state index in [4.69, 9.17) is 0 Å². The molecule has 6 heteroatoms. The standard InChI is InChI=1S/C9H8BrFN2O2/c1-15-9(14)13-12-5-6-2-3-7(11)4-8(6)10/h2-5H,1H3,(H,13,14)/b12-5+. The summed E-state index contributed by atoms with van der Waals surface area (Å²) in [5.74, 6) is -0.347. The van der Waals surface area contributed by atoms with E-state index in [0.717, 1.165) is 0 Å². The van der Waals surface area contributed by atoms with Gasteiger partial charge in [0.15, 0.2) is 0 Å². The molecule has 0 saturated carbocycles. The highest BCUT2D eigenvalue weighted by Gasteiger charge is 1.99. The molecule has 0 bridgehead atoms. The highest BCUT2D eigenvalue weighted by atomic mass is 79.9. The molecule has 0 spiro atoms. The summed E-state index contributed by atoms with van der Waals surface area (Å²) in [6, 6.07) is 4.13. The Bertz CT molecular complexity index is 396. The number of hydrazone groups is 1. The number of methoxy groups -OCH3 is 1. The predicted octanol–water partition coefficient (Wildman–Crippen LogP) is 2.28. The lowest BCUT2D eigenvalue weighted by atomic mass is 10.2. The smallest absolute Gasteiger partial charge is 0.427 e. The molecule has 0 aliphatic rings. The monoisotopic (exact) mass is 274 g/mol. The van der Waals surface area contributed by atoms with Crippen LogP contribution in [0.5, 0.6) is 0 Å². The number of carbonyl (C=O) groups excluding carboxylic acids is 1. The Hall–Kier alpha value is -1.43. The number of carbonyl (C=O) groups is 1. The fourth-order valence-corrected chi connectivity index (χ4v) is 1.26. The largest absolute Gasteiger partial charge is 0.452 e. The first-order valence-electron chi connectivity index (χ1n) is 3.95. The molecule has 1 N–H and O–H groups in total. The van der Waals surface area contributed by atoms with Crippen LogP contribution in [0, 0.1) is 5.82 Å². The van der Waals surface area contributed by atoms with E-state index in [9.17, 15) is 9.18 Å². The summed E-state index contributed by atoms with van der Waals surface area (Å²) in [6.07, 6.45) is 0.713. The molecule has 0 heterocycles. The van der Waals surface area contributed by atoms with Crippen molar-refractivity contribution in [1.82, 2.24) is 5.43 Å². The zero-order valence-electron chi connectivity index (χ0n) is 7.83. The second kappa shape index (κ2) is 5.45. The van der Waals surface area contributed by atoms with Gasteiger partial charge in [-0.05, 0) is 18.2 Å². The summed E-state index contributed by atoms with van der Waals surface area (Å²) in [6.45, 7) is 0. The minimum atomic E-state index is -0.663. The highest BCUT2D eigenvalue weighted by molar-refractivity contribution is 9.10. The molecule has 15 heavy (non-hydrogen) atoms. The van der Waals surface area contributed by atoms with Gasteiger partial charge in [-0.25, -0.2) is 14.6 Å². The molecule has 0 aliphatic heterocycles. The zero-order valence-corrected chi connectivity index (χ0v) is 9.42. The number of nitrogens with zero attached hydrogens (tertiary/aromatic N) is 1. The van der Waals surface area contributed by atoms with Crippen molar-refractivity contribution in [2.45, 2.75) is 0 Å². The van der Waals surface area contributed by atoms with Gasteiger partial charge in [0.05, 0.1) is 13.3 Å². The molecule has 4 nitrogen and oxygen atoms in total. The van der Waals surface area contributed by atoms with Crippen LogP contribution in [-0.2, 0) is 4.74 Å². The molecular weight excluding hydrogens is 267 g/mol. The van der Waals surface area contributed by atoms with Crippen molar-refractivity contribution in [3.8, 4) is 0 Å². The van der Waals surface area contributed by atoms with E-state index < -0.39 is 6.09 Å². The van der Waals surface area contributed by atoms with Gasteiger partial charge in [0.2, 0.25) is 0 Å². The van der Waals surface area contributed by atoms with Gasteiger partial charge in [0.25, 0.3) is 0 Å². The van der Waals surface area contributed by atoms with Gasteiger partial charge in [-0.3, -0.25) is 0 Å². The Morgan fingerprint density at radius 2 is 2.40 bits per heavy atom. The second-order valence-corrected chi connectivity index (χ2v) is 3.38. The quantitative estimate of drug-likeness (QED) is 0.665. The van der Waals surface area contributed by atoms with E-state index in [2.05, 4.69) is 31.2 Å². The SMILES string of the molecule is COC(=O)N/N=C/c1ccc(F)cc1Br. The van der Waals surface area contributed by atoms with Gasteiger partial charge in [0, 0.05) is 10.0 Å². The molecule has 0 radical (unpaired) electrons. The van der Waals surface area contributed by atoms with Crippen molar-refractivity contribution in [2.75, 3.05) is 7.11 Å². The van der Waals surface area contributed by atoms with Crippen LogP contribution in [0.15, 0.2) is 27.8 Å². The van der Waals surface area contributed by atoms with Gasteiger partial charge in [-0.2, -0.15) is 5.10 Å². The highest BCUT2D eigenvalue weighted by Crippen LogP contribution is 2.15. The van der Waals surface area contributed by atoms with Crippen molar-refractivity contribution < 1.29 is 13.9 Å². The Kier molecular flexibility index (Phi) is 4.23. The molecule has 1 aromatic rings. The van der Waals surface area contributed by atoms with E-state index in [-0.39, 0.29) is 5.82 Å². The molecule has 0 fully saturated rings. The lowest BCUT2D eigenvalue weighted by Crippen LogP contribution is -2.16. The number of halogens is 2. The second-order valence-electron chi connectivity index (χ2n) is 2.53. The maximum atomic E-state index is 12.7. The average molecular weight is 275 g/mol. The Morgan fingerprint density at radius 3 is 3.00 bits per heavy atom. The maximum absolute atomic E-state index is 12.7. The number of ether oxygens (including phenoxy) is 1. The Labute approximate surface area is 94.2 Å². The van der Waals surface area contributed by atoms with Crippen LogP contribution in [0.25, 0.3) is 0 Å². The lowest BCUT2D eigenvalue weighted by Gasteiger charge is -1.98. The molecule has 1 rings (SSSR count). The zero-order chi connectivity index (χ0) is 11.3. The molecule has 0 atom stereocenters. The molecule has 0 unspecified atom stereocenters. The van der Waals surface area contributed by atoms with Crippen molar-refractivity contribution in [2.24, 2.45) is 5.10 Å². The van der Waals surface area contributed by atoms with Crippen LogP contribution in [0.3, 0.4) is 0 Å². The van der Waals surface area contributed by atoms with Crippen LogP contribution >= 0.6 is 15.9 Å². The fourth-order valence-electron chi connectivity index (χ4n) is 0.806. The van der Waals surface area contributed by atoms with Crippen molar-refractivity contribution >= 4 is 28.2 Å². The molecule has 1 amide bonds. The van der Waals surface area contributed by atoms with Crippen LogP contribution in [0.2, 0.25) is 0 Å². The summed E-state index contributed by atoms with van der Waals surface area (Å²) in [7, 11) is 1.23. The molecule has 1 aromatic carbocycles. The summed E-state index contributed by atoms with van der Waals surface area (Å²) >= 11 is 3.16. The molecule has 0 aliphatic carbocycles. The Balaban J connectivity index is 2.68. The topological polar surface area (TPSA) is 50.7 Å². The number of nitrogens with one attached hydrogen (secondary N) is 1. The van der Waals surface area contributed by atoms with Gasteiger partial charge in [-0.15, -0.1) is 0 Å². The average Bonchev–Trinajstić information content (AvgIpc) is 2.21. The number of hydrogen-bond acceptors (Lipinski definition) is 3. The van der Waals surface area contributed by atoms with E-state index in [0.29, 0.717) is 10.0 Å². The minimum absolute atomic E-state index is 0.347. The van der Waals surface area contributed by atoms with E-state index in [1.54, 1.807) is 0 Å². The Morgan fingerprint density at radius 1 is 1.67 bits per heavy atom. The third-order valence-corrected chi connectivity index (χ3v) is 2.19. The molecule has 0 aromatic heterocycles. The van der Waals surface area contributed by atoms with Gasteiger partial charge in [-0.1, -0.05) is 15.9 Å². The van der Waals surface area contributed by atoms with Crippen LogP contribution in [-0.4, -0.2) is 19.4 Å². The van der Waals surface area contributed by atoms with Crippen molar-refractivity contribution in [3.63, 3.8) is 0 Å². The summed E-state index contributed by atoms with van der Waals surface area (Å²) in [5, 5.41) is 3.60. The number of amides is 1. The van der Waals surface area contributed by atoms with Crippen LogP contribution < -0.4 is 5.43 Å². The normalized spacial score (nSPS) is 10.3. The van der Waals surface area contributed by atoms with Gasteiger partial charge in [0.1, 0.15) is 5.82 Å². The molecule has 0 saturated heterocycles. The third kappa shape index (κ3) is 3.67. The summed E-state index contributed by atoms with van der Waals surface area (Å²) in [4.78, 5) is 10.6. The summed E-state index contributed by atoms with van der Waals surface area (Å²) in [5.41, 5.74) is 2.76. The number of hydrogen-bond donors (Lipinski definition) is 1. The number of rotatable bonds is 2. The fraction of sp³-hybridized carbons (Fsp3) is 0.111. The maximum Gasteiger partial charge on any atom is 0.427 e.